The molecule has 1 saturated heterocycles. The van der Waals surface area contributed by atoms with E-state index in [0.29, 0.717) is 10.3 Å². The normalized spacial score (nSPS) is 15.9. The van der Waals surface area contributed by atoms with E-state index in [4.69, 9.17) is 0 Å². The van der Waals surface area contributed by atoms with Gasteiger partial charge in [0.05, 0.1) is 11.2 Å². The summed E-state index contributed by atoms with van der Waals surface area (Å²) in [5, 5.41) is 6.24. The van der Waals surface area contributed by atoms with Gasteiger partial charge in [0.15, 0.2) is 15.5 Å². The van der Waals surface area contributed by atoms with E-state index in [1.165, 1.54) is 11.3 Å². The number of hydrogen-bond donors (Lipinski definition) is 0. The largest absolute Gasteiger partial charge is 0.345 e. The standard InChI is InChI=1S/C18H19N7OS/c1-22-5-7-24(8-6-22)18-20-15-16(27-18)19-11-25(17(15)26)13-3-4-14-12(9-13)10-23(2)21-14/h3-4,9-11H,5-8H2,1-2H3. The van der Waals surface area contributed by atoms with Crippen molar-refractivity contribution in [3.05, 3.63) is 41.1 Å². The number of anilines is 1. The van der Waals surface area contributed by atoms with Gasteiger partial charge in [-0.1, -0.05) is 11.3 Å². The highest BCUT2D eigenvalue weighted by molar-refractivity contribution is 7.21. The number of piperazine rings is 1. The van der Waals surface area contributed by atoms with Gasteiger partial charge in [-0.2, -0.15) is 5.10 Å². The number of hydrogen-bond acceptors (Lipinski definition) is 7. The third kappa shape index (κ3) is 2.79. The molecule has 4 aromatic rings. The first kappa shape index (κ1) is 16.4. The zero-order valence-electron chi connectivity index (χ0n) is 15.2. The van der Waals surface area contributed by atoms with Crippen LogP contribution in [0, 0.1) is 0 Å². The molecule has 5 rings (SSSR count). The number of aromatic nitrogens is 5. The summed E-state index contributed by atoms with van der Waals surface area (Å²) in [6, 6.07) is 5.75. The highest BCUT2D eigenvalue weighted by atomic mass is 32.1. The van der Waals surface area contributed by atoms with Crippen molar-refractivity contribution in [2.75, 3.05) is 38.1 Å². The zero-order chi connectivity index (χ0) is 18.5. The van der Waals surface area contributed by atoms with Crippen LogP contribution in [0.5, 0.6) is 0 Å². The summed E-state index contributed by atoms with van der Waals surface area (Å²) in [7, 11) is 4.00. The summed E-state index contributed by atoms with van der Waals surface area (Å²) in [5.41, 5.74) is 1.96. The summed E-state index contributed by atoms with van der Waals surface area (Å²) in [6.07, 6.45) is 3.53. The van der Waals surface area contributed by atoms with Gasteiger partial charge in [0, 0.05) is 44.8 Å². The zero-order valence-corrected chi connectivity index (χ0v) is 16.0. The topological polar surface area (TPSA) is 72.1 Å². The number of aryl methyl sites for hydroxylation is 1. The Morgan fingerprint density at radius 3 is 2.74 bits per heavy atom. The second kappa shape index (κ2) is 6.14. The molecule has 3 aromatic heterocycles. The molecule has 0 radical (unpaired) electrons. The number of fused-ring (bicyclic) bond motifs is 2. The van der Waals surface area contributed by atoms with Crippen LogP contribution in [0.25, 0.3) is 26.9 Å². The Morgan fingerprint density at radius 2 is 1.93 bits per heavy atom. The molecule has 0 unspecified atom stereocenters. The molecule has 1 aliphatic heterocycles. The molecular formula is C18H19N7OS. The highest BCUT2D eigenvalue weighted by Gasteiger charge is 2.20. The molecule has 0 bridgehead atoms. The SMILES string of the molecule is CN1CCN(c2nc3c(=O)n(-c4ccc5nn(C)cc5c4)cnc3s2)CC1. The molecule has 138 valence electrons. The summed E-state index contributed by atoms with van der Waals surface area (Å²) in [4.78, 5) is 27.4. The van der Waals surface area contributed by atoms with E-state index in [-0.39, 0.29) is 5.56 Å². The minimum absolute atomic E-state index is 0.139. The molecule has 0 N–H and O–H groups in total. The van der Waals surface area contributed by atoms with Crippen LogP contribution < -0.4 is 10.5 Å². The van der Waals surface area contributed by atoms with Crippen LogP contribution >= 0.6 is 11.3 Å². The molecule has 8 nitrogen and oxygen atoms in total. The second-order valence-corrected chi connectivity index (χ2v) is 7.86. The van der Waals surface area contributed by atoms with Gasteiger partial charge in [-0.05, 0) is 25.2 Å². The number of nitrogens with zero attached hydrogens (tertiary/aromatic N) is 7. The lowest BCUT2D eigenvalue weighted by Gasteiger charge is -2.31. The third-order valence-electron chi connectivity index (χ3n) is 4.96. The van der Waals surface area contributed by atoms with Crippen molar-refractivity contribution in [2.45, 2.75) is 0 Å². The van der Waals surface area contributed by atoms with Crippen LogP contribution in [0.1, 0.15) is 0 Å². The molecule has 0 spiro atoms. The number of thiazole rings is 1. The van der Waals surface area contributed by atoms with E-state index in [2.05, 4.69) is 31.9 Å². The average molecular weight is 381 g/mol. The Labute approximate surface area is 159 Å². The number of rotatable bonds is 2. The van der Waals surface area contributed by atoms with Crippen LogP contribution in [0.15, 0.2) is 35.5 Å². The van der Waals surface area contributed by atoms with E-state index in [0.717, 1.165) is 47.9 Å². The minimum atomic E-state index is -0.139. The highest BCUT2D eigenvalue weighted by Crippen LogP contribution is 2.26. The Morgan fingerprint density at radius 1 is 1.11 bits per heavy atom. The van der Waals surface area contributed by atoms with Crippen molar-refractivity contribution in [3.63, 3.8) is 0 Å². The first-order valence-corrected chi connectivity index (χ1v) is 9.65. The number of likely N-dealkylation sites (N-methyl/N-ethyl adjacent to an activating group) is 1. The molecule has 1 fully saturated rings. The molecule has 0 amide bonds. The molecule has 9 heteroatoms. The van der Waals surface area contributed by atoms with Gasteiger partial charge < -0.3 is 9.80 Å². The predicted octanol–water partition coefficient (Wildman–Crippen LogP) is 1.48. The van der Waals surface area contributed by atoms with Gasteiger partial charge in [-0.15, -0.1) is 0 Å². The predicted molar refractivity (Wildman–Crippen MR) is 107 cm³/mol. The smallest absolute Gasteiger partial charge is 0.285 e. The van der Waals surface area contributed by atoms with Crippen molar-refractivity contribution >= 4 is 37.7 Å². The molecule has 4 heterocycles. The molecule has 0 atom stereocenters. The summed E-state index contributed by atoms with van der Waals surface area (Å²) < 4.78 is 3.32. The first-order valence-electron chi connectivity index (χ1n) is 8.84. The van der Waals surface area contributed by atoms with Crippen LogP contribution in [0.4, 0.5) is 5.13 Å². The minimum Gasteiger partial charge on any atom is -0.345 e. The van der Waals surface area contributed by atoms with Crippen LogP contribution in [-0.4, -0.2) is 62.4 Å². The molecular weight excluding hydrogens is 362 g/mol. The van der Waals surface area contributed by atoms with E-state index in [1.807, 2.05) is 31.4 Å². The lowest BCUT2D eigenvalue weighted by molar-refractivity contribution is 0.313. The third-order valence-corrected chi connectivity index (χ3v) is 5.99. The molecule has 0 aliphatic carbocycles. The fourth-order valence-electron chi connectivity index (χ4n) is 3.41. The lowest BCUT2D eigenvalue weighted by Crippen LogP contribution is -2.44. The van der Waals surface area contributed by atoms with E-state index in [1.54, 1.807) is 15.6 Å². The van der Waals surface area contributed by atoms with E-state index < -0.39 is 0 Å². The average Bonchev–Trinajstić information content (AvgIpc) is 3.25. The Balaban J connectivity index is 1.57. The van der Waals surface area contributed by atoms with Gasteiger partial charge in [0.1, 0.15) is 6.33 Å². The summed E-state index contributed by atoms with van der Waals surface area (Å²) in [5.74, 6) is 0. The Kier molecular flexibility index (Phi) is 3.73. The van der Waals surface area contributed by atoms with Crippen LogP contribution in [0.2, 0.25) is 0 Å². The lowest BCUT2D eigenvalue weighted by atomic mass is 10.2. The van der Waals surface area contributed by atoms with Crippen LogP contribution in [-0.2, 0) is 7.05 Å². The van der Waals surface area contributed by atoms with Crippen molar-refractivity contribution in [3.8, 4) is 5.69 Å². The molecule has 0 saturated carbocycles. The van der Waals surface area contributed by atoms with Crippen LogP contribution in [0.3, 0.4) is 0 Å². The van der Waals surface area contributed by atoms with E-state index in [9.17, 15) is 4.79 Å². The van der Waals surface area contributed by atoms with Crippen molar-refractivity contribution < 1.29 is 0 Å². The van der Waals surface area contributed by atoms with Crippen molar-refractivity contribution in [2.24, 2.45) is 7.05 Å². The maximum atomic E-state index is 13.0. The van der Waals surface area contributed by atoms with Gasteiger partial charge in [-0.3, -0.25) is 14.0 Å². The van der Waals surface area contributed by atoms with Gasteiger partial charge in [0.25, 0.3) is 5.56 Å². The first-order chi connectivity index (χ1) is 13.1. The monoisotopic (exact) mass is 381 g/mol. The summed E-state index contributed by atoms with van der Waals surface area (Å²) in [6.45, 7) is 3.84. The van der Waals surface area contributed by atoms with Gasteiger partial charge in [-0.25, -0.2) is 9.97 Å². The molecule has 1 aliphatic rings. The quantitative estimate of drug-likeness (QED) is 0.524. The number of benzene rings is 1. The fraction of sp³-hybridized carbons (Fsp3) is 0.333. The van der Waals surface area contributed by atoms with E-state index >= 15 is 0 Å². The fourth-order valence-corrected chi connectivity index (χ4v) is 4.36. The van der Waals surface area contributed by atoms with Gasteiger partial charge >= 0.3 is 0 Å². The van der Waals surface area contributed by atoms with Gasteiger partial charge in [0.2, 0.25) is 0 Å². The van der Waals surface area contributed by atoms with Crippen molar-refractivity contribution in [1.82, 2.24) is 29.2 Å². The maximum Gasteiger partial charge on any atom is 0.285 e. The Bertz CT molecular complexity index is 1200. The molecule has 27 heavy (non-hydrogen) atoms. The molecule has 1 aromatic carbocycles. The van der Waals surface area contributed by atoms with Crippen molar-refractivity contribution in [1.29, 1.82) is 0 Å². The maximum absolute atomic E-state index is 13.0. The summed E-state index contributed by atoms with van der Waals surface area (Å²) >= 11 is 1.49. The Hall–Kier alpha value is -2.78. The second-order valence-electron chi connectivity index (χ2n) is 6.91.